The van der Waals surface area contributed by atoms with E-state index in [1.807, 2.05) is 24.3 Å². The molecule has 30 heavy (non-hydrogen) atoms. The Morgan fingerprint density at radius 2 is 1.07 bits per heavy atom. The molecule has 0 aromatic heterocycles. The molecule has 144 valence electrons. The zero-order chi connectivity index (χ0) is 20.3. The zero-order valence-electron chi connectivity index (χ0n) is 16.4. The van der Waals surface area contributed by atoms with E-state index in [-0.39, 0.29) is 0 Å². The Kier molecular flexibility index (Phi) is 4.96. The largest absolute Gasteiger partial charge is 0.310 e. The first-order chi connectivity index (χ1) is 14.8. The van der Waals surface area contributed by atoms with E-state index in [2.05, 4.69) is 102 Å². The van der Waals surface area contributed by atoms with Crippen LogP contribution in [0.3, 0.4) is 0 Å². The Balaban J connectivity index is 1.55. The lowest BCUT2D eigenvalue weighted by Crippen LogP contribution is -2.09. The van der Waals surface area contributed by atoms with Crippen molar-refractivity contribution in [2.24, 2.45) is 0 Å². The smallest absolute Gasteiger partial charge is 0.0476 e. The van der Waals surface area contributed by atoms with Crippen LogP contribution >= 0.6 is 11.6 Å². The Morgan fingerprint density at radius 3 is 1.83 bits per heavy atom. The summed E-state index contributed by atoms with van der Waals surface area (Å²) < 4.78 is 0. The van der Waals surface area contributed by atoms with Gasteiger partial charge in [-0.1, -0.05) is 84.4 Å². The number of nitrogens with zero attached hydrogens (tertiary/aromatic N) is 1. The van der Waals surface area contributed by atoms with Crippen LogP contribution in [0.25, 0.3) is 21.9 Å². The zero-order valence-corrected chi connectivity index (χ0v) is 17.1. The van der Waals surface area contributed by atoms with E-state index in [1.54, 1.807) is 0 Å². The Labute approximate surface area is 181 Å². The third kappa shape index (κ3) is 3.68. The molecule has 5 aromatic carbocycles. The minimum absolute atomic E-state index is 0.723. The number of halogens is 1. The molecule has 0 radical (unpaired) electrons. The fourth-order valence-corrected chi connectivity index (χ4v) is 4.00. The molecule has 0 aliphatic rings. The molecule has 0 spiro atoms. The molecule has 5 rings (SSSR count). The van der Waals surface area contributed by atoms with Crippen molar-refractivity contribution in [2.45, 2.75) is 0 Å². The molecule has 0 atom stereocenters. The number of hydrogen-bond acceptors (Lipinski definition) is 1. The van der Waals surface area contributed by atoms with Crippen LogP contribution in [-0.4, -0.2) is 0 Å². The van der Waals surface area contributed by atoms with Gasteiger partial charge < -0.3 is 4.90 Å². The summed E-state index contributed by atoms with van der Waals surface area (Å²) in [6, 6.07) is 42.1. The van der Waals surface area contributed by atoms with Crippen LogP contribution in [0.5, 0.6) is 0 Å². The second-order valence-electron chi connectivity index (χ2n) is 7.26. The van der Waals surface area contributed by atoms with Crippen LogP contribution in [0.15, 0.2) is 121 Å². The first-order valence-electron chi connectivity index (χ1n) is 9.98. The van der Waals surface area contributed by atoms with Crippen molar-refractivity contribution in [1.29, 1.82) is 0 Å². The highest BCUT2D eigenvalue weighted by Gasteiger charge is 2.12. The summed E-state index contributed by atoms with van der Waals surface area (Å²) in [5.74, 6) is 0. The third-order valence-electron chi connectivity index (χ3n) is 5.29. The highest BCUT2D eigenvalue weighted by Crippen LogP contribution is 2.36. The van der Waals surface area contributed by atoms with Crippen molar-refractivity contribution in [1.82, 2.24) is 0 Å². The Hall–Kier alpha value is -3.55. The maximum Gasteiger partial charge on any atom is 0.0476 e. The van der Waals surface area contributed by atoms with E-state index in [0.29, 0.717) is 0 Å². The van der Waals surface area contributed by atoms with E-state index in [1.165, 1.54) is 21.9 Å². The van der Waals surface area contributed by atoms with Crippen LogP contribution in [0, 0.1) is 0 Å². The van der Waals surface area contributed by atoms with Crippen LogP contribution < -0.4 is 4.90 Å². The fraction of sp³-hybridized carbons (Fsp3) is 0. The van der Waals surface area contributed by atoms with Gasteiger partial charge in [0.1, 0.15) is 0 Å². The van der Waals surface area contributed by atoms with Gasteiger partial charge >= 0.3 is 0 Å². The van der Waals surface area contributed by atoms with Crippen molar-refractivity contribution in [3.8, 4) is 11.1 Å². The first-order valence-corrected chi connectivity index (χ1v) is 10.4. The molecule has 0 aliphatic heterocycles. The van der Waals surface area contributed by atoms with Gasteiger partial charge in [0.25, 0.3) is 0 Å². The lowest BCUT2D eigenvalue weighted by Gasteiger charge is -2.25. The van der Waals surface area contributed by atoms with Gasteiger partial charge in [0, 0.05) is 22.1 Å². The van der Waals surface area contributed by atoms with Crippen LogP contribution in [0.2, 0.25) is 5.02 Å². The number of anilines is 3. The molecule has 1 nitrogen and oxygen atoms in total. The van der Waals surface area contributed by atoms with Crippen molar-refractivity contribution in [3.05, 3.63) is 126 Å². The lowest BCUT2D eigenvalue weighted by atomic mass is 10.0. The van der Waals surface area contributed by atoms with Gasteiger partial charge in [-0.25, -0.2) is 0 Å². The molecule has 0 fully saturated rings. The maximum absolute atomic E-state index is 6.29. The Bertz CT molecular complexity index is 1290. The molecular formula is C28H20ClN. The van der Waals surface area contributed by atoms with Crippen molar-refractivity contribution in [3.63, 3.8) is 0 Å². The molecule has 0 aliphatic carbocycles. The van der Waals surface area contributed by atoms with Crippen molar-refractivity contribution >= 4 is 39.4 Å². The van der Waals surface area contributed by atoms with E-state index in [9.17, 15) is 0 Å². The molecule has 0 amide bonds. The third-order valence-corrected chi connectivity index (χ3v) is 5.52. The molecule has 2 heteroatoms. The van der Waals surface area contributed by atoms with Gasteiger partial charge in [-0.15, -0.1) is 0 Å². The van der Waals surface area contributed by atoms with Gasteiger partial charge in [0.05, 0.1) is 0 Å². The molecule has 0 N–H and O–H groups in total. The molecule has 0 bridgehead atoms. The average Bonchev–Trinajstić information content (AvgIpc) is 2.80. The standard InChI is InChI=1S/C28H20ClN/c29-25-9-6-12-28(20-25)30(26-10-2-1-3-11-26)27-17-15-22(16-18-27)24-14-13-21-7-4-5-8-23(21)19-24/h1-20H. The molecule has 5 aromatic rings. The SMILES string of the molecule is Clc1cccc(N(c2ccccc2)c2ccc(-c3ccc4ccccc4c3)cc2)c1. The summed E-state index contributed by atoms with van der Waals surface area (Å²) in [4.78, 5) is 2.22. The van der Waals surface area contributed by atoms with Crippen molar-refractivity contribution < 1.29 is 0 Å². The van der Waals surface area contributed by atoms with Crippen LogP contribution in [0.4, 0.5) is 17.1 Å². The van der Waals surface area contributed by atoms with Crippen LogP contribution in [0.1, 0.15) is 0 Å². The van der Waals surface area contributed by atoms with E-state index < -0.39 is 0 Å². The lowest BCUT2D eigenvalue weighted by molar-refractivity contribution is 1.28. The minimum atomic E-state index is 0.723. The molecule has 0 heterocycles. The van der Waals surface area contributed by atoms with Gasteiger partial charge in [-0.2, -0.15) is 0 Å². The van der Waals surface area contributed by atoms with E-state index >= 15 is 0 Å². The maximum atomic E-state index is 6.29. The van der Waals surface area contributed by atoms with Crippen molar-refractivity contribution in [2.75, 3.05) is 4.90 Å². The summed E-state index contributed by atoms with van der Waals surface area (Å²) in [5, 5.41) is 3.24. The van der Waals surface area contributed by atoms with Gasteiger partial charge in [-0.3, -0.25) is 0 Å². The summed E-state index contributed by atoms with van der Waals surface area (Å²) in [7, 11) is 0. The monoisotopic (exact) mass is 405 g/mol. The number of benzene rings is 5. The average molecular weight is 406 g/mol. The Morgan fingerprint density at radius 1 is 0.433 bits per heavy atom. The summed E-state index contributed by atoms with van der Waals surface area (Å²) in [5.41, 5.74) is 5.64. The highest BCUT2D eigenvalue weighted by atomic mass is 35.5. The predicted molar refractivity (Wildman–Crippen MR) is 129 cm³/mol. The number of fused-ring (bicyclic) bond motifs is 1. The minimum Gasteiger partial charge on any atom is -0.310 e. The van der Waals surface area contributed by atoms with E-state index in [4.69, 9.17) is 11.6 Å². The molecule has 0 saturated carbocycles. The topological polar surface area (TPSA) is 3.24 Å². The van der Waals surface area contributed by atoms with Gasteiger partial charge in [0.15, 0.2) is 0 Å². The second kappa shape index (κ2) is 8.06. The second-order valence-corrected chi connectivity index (χ2v) is 7.70. The molecule has 0 saturated heterocycles. The number of para-hydroxylation sites is 1. The van der Waals surface area contributed by atoms with Gasteiger partial charge in [0.2, 0.25) is 0 Å². The summed E-state index contributed by atoms with van der Waals surface area (Å²) in [6.07, 6.45) is 0. The highest BCUT2D eigenvalue weighted by molar-refractivity contribution is 6.30. The predicted octanol–water partition coefficient (Wildman–Crippen LogP) is 8.63. The van der Waals surface area contributed by atoms with Gasteiger partial charge in [-0.05, 0) is 70.4 Å². The van der Waals surface area contributed by atoms with Crippen LogP contribution in [-0.2, 0) is 0 Å². The molecule has 0 unspecified atom stereocenters. The van der Waals surface area contributed by atoms with E-state index in [0.717, 1.165) is 22.1 Å². The fourth-order valence-electron chi connectivity index (χ4n) is 3.81. The quantitative estimate of drug-likeness (QED) is 0.289. The number of rotatable bonds is 4. The summed E-state index contributed by atoms with van der Waals surface area (Å²) in [6.45, 7) is 0. The molecular weight excluding hydrogens is 386 g/mol. The normalized spacial score (nSPS) is 10.8. The first kappa shape index (κ1) is 18.5. The number of hydrogen-bond donors (Lipinski definition) is 0. The summed E-state index contributed by atoms with van der Waals surface area (Å²) >= 11 is 6.29.